The summed E-state index contributed by atoms with van der Waals surface area (Å²) < 4.78 is 65.2. The fraction of sp³-hybridized carbons (Fsp3) is 0.174. The van der Waals surface area contributed by atoms with Gasteiger partial charge in [-0.3, -0.25) is 4.72 Å². The number of carbonyl (C=O) groups is 1. The quantitative estimate of drug-likeness (QED) is 0.509. The SMILES string of the molecule is COc1cc(F)c2cc1-c1ccccc1OCCOC(=O)c1cc(Cl)c(OC)c(c1)S(=O)(=O)N2. The average molecular weight is 508 g/mol. The highest BCUT2D eigenvalue weighted by Gasteiger charge is 2.27. The molecule has 0 radical (unpaired) electrons. The van der Waals surface area contributed by atoms with E-state index in [1.807, 2.05) is 0 Å². The number of methoxy groups -OCH3 is 2. The van der Waals surface area contributed by atoms with Crippen LogP contribution in [0.25, 0.3) is 11.1 Å². The van der Waals surface area contributed by atoms with E-state index in [9.17, 15) is 17.6 Å². The zero-order valence-corrected chi connectivity index (χ0v) is 19.6. The Morgan fingerprint density at radius 2 is 1.74 bits per heavy atom. The van der Waals surface area contributed by atoms with Crippen LogP contribution in [-0.2, 0) is 14.8 Å². The molecule has 0 spiro atoms. The van der Waals surface area contributed by atoms with Crippen LogP contribution in [0, 0.1) is 5.82 Å². The number of hydrogen-bond donors (Lipinski definition) is 1. The van der Waals surface area contributed by atoms with E-state index in [1.165, 1.54) is 26.4 Å². The predicted octanol–water partition coefficient (Wildman–Crippen LogP) is 4.51. The summed E-state index contributed by atoms with van der Waals surface area (Å²) in [5, 5.41) is -0.138. The molecular formula is C23H19ClFNO7S. The van der Waals surface area contributed by atoms with Crippen LogP contribution in [0.5, 0.6) is 17.2 Å². The topological polar surface area (TPSA) is 100 Å². The number of benzene rings is 3. The van der Waals surface area contributed by atoms with Crippen molar-refractivity contribution in [2.45, 2.75) is 4.90 Å². The first kappa shape index (κ1) is 23.7. The van der Waals surface area contributed by atoms with Gasteiger partial charge in [-0.25, -0.2) is 17.6 Å². The van der Waals surface area contributed by atoms with Gasteiger partial charge in [0, 0.05) is 17.2 Å². The molecule has 1 aliphatic rings. The summed E-state index contributed by atoms with van der Waals surface area (Å²) in [4.78, 5) is 12.1. The maximum absolute atomic E-state index is 14.9. The fourth-order valence-electron chi connectivity index (χ4n) is 3.48. The smallest absolute Gasteiger partial charge is 0.338 e. The van der Waals surface area contributed by atoms with Crippen molar-refractivity contribution < 1.29 is 36.6 Å². The summed E-state index contributed by atoms with van der Waals surface area (Å²) in [5.74, 6) is -1.35. The number of fused-ring (bicyclic) bond motifs is 6. The molecule has 178 valence electrons. The van der Waals surface area contributed by atoms with Gasteiger partial charge >= 0.3 is 5.97 Å². The molecule has 0 aliphatic carbocycles. The lowest BCUT2D eigenvalue weighted by molar-refractivity contribution is 0.0450. The van der Waals surface area contributed by atoms with Crippen molar-refractivity contribution in [3.8, 4) is 28.4 Å². The molecular weight excluding hydrogens is 489 g/mol. The maximum atomic E-state index is 14.9. The highest BCUT2D eigenvalue weighted by atomic mass is 35.5. The van der Waals surface area contributed by atoms with Crippen LogP contribution in [0.4, 0.5) is 10.1 Å². The number of carbonyl (C=O) groups excluding carboxylic acids is 1. The number of ether oxygens (including phenoxy) is 4. The van der Waals surface area contributed by atoms with Gasteiger partial charge in [0.15, 0.2) is 11.6 Å². The lowest BCUT2D eigenvalue weighted by atomic mass is 10.0. The molecule has 0 atom stereocenters. The number of hydrogen-bond acceptors (Lipinski definition) is 7. The molecule has 0 saturated heterocycles. The van der Waals surface area contributed by atoms with Crippen LogP contribution in [0.15, 0.2) is 53.4 Å². The van der Waals surface area contributed by atoms with Crippen LogP contribution in [0.1, 0.15) is 10.4 Å². The second kappa shape index (κ2) is 9.40. The zero-order valence-electron chi connectivity index (χ0n) is 18.1. The zero-order chi connectivity index (χ0) is 24.5. The van der Waals surface area contributed by atoms with Crippen molar-refractivity contribution in [3.63, 3.8) is 0 Å². The van der Waals surface area contributed by atoms with Crippen molar-refractivity contribution in [2.24, 2.45) is 0 Å². The van der Waals surface area contributed by atoms with E-state index in [2.05, 4.69) is 4.72 Å². The fourth-order valence-corrected chi connectivity index (χ4v) is 5.11. The number of nitrogens with one attached hydrogen (secondary N) is 1. The molecule has 34 heavy (non-hydrogen) atoms. The van der Waals surface area contributed by atoms with Gasteiger partial charge in [0.25, 0.3) is 10.0 Å². The molecule has 0 amide bonds. The molecule has 3 aromatic carbocycles. The lowest BCUT2D eigenvalue weighted by Crippen LogP contribution is -2.17. The Hall–Kier alpha value is -3.50. The van der Waals surface area contributed by atoms with Crippen molar-refractivity contribution in [1.82, 2.24) is 0 Å². The van der Waals surface area contributed by atoms with Gasteiger partial charge in [0.1, 0.15) is 29.6 Å². The number of halogens is 2. The molecule has 4 rings (SSSR count). The first-order valence-corrected chi connectivity index (χ1v) is 11.8. The van der Waals surface area contributed by atoms with Gasteiger partial charge < -0.3 is 18.9 Å². The van der Waals surface area contributed by atoms with Crippen molar-refractivity contribution in [1.29, 1.82) is 0 Å². The number of esters is 1. The first-order chi connectivity index (χ1) is 16.2. The largest absolute Gasteiger partial charge is 0.496 e. The van der Waals surface area contributed by atoms with E-state index >= 15 is 0 Å². The molecule has 1 aliphatic heterocycles. The monoisotopic (exact) mass is 507 g/mol. The van der Waals surface area contributed by atoms with Gasteiger partial charge in [-0.2, -0.15) is 0 Å². The van der Waals surface area contributed by atoms with Gasteiger partial charge in [-0.15, -0.1) is 0 Å². The number of para-hydroxylation sites is 1. The molecule has 0 saturated carbocycles. The van der Waals surface area contributed by atoms with Crippen molar-refractivity contribution in [2.75, 3.05) is 32.2 Å². The third-order valence-corrected chi connectivity index (χ3v) is 6.68. The molecule has 8 nitrogen and oxygen atoms in total. The summed E-state index contributed by atoms with van der Waals surface area (Å²) in [6.07, 6.45) is 0. The number of sulfonamides is 1. The molecule has 1 N–H and O–H groups in total. The third kappa shape index (κ3) is 4.46. The Labute approximate surface area is 200 Å². The molecule has 1 heterocycles. The van der Waals surface area contributed by atoms with Crippen LogP contribution >= 0.6 is 11.6 Å². The summed E-state index contributed by atoms with van der Waals surface area (Å²) in [6.45, 7) is -0.116. The minimum Gasteiger partial charge on any atom is -0.496 e. The lowest BCUT2D eigenvalue weighted by Gasteiger charge is -2.17. The van der Waals surface area contributed by atoms with E-state index < -0.39 is 26.7 Å². The van der Waals surface area contributed by atoms with Gasteiger partial charge in [-0.1, -0.05) is 29.8 Å². The standard InChI is InChI=1S/C23H19ClFNO7S/c1-30-20-12-17(25)18-11-15(20)14-5-3-4-6-19(14)32-7-8-33-23(27)13-9-16(24)22(31-2)21(10-13)34(28,29)26-18/h3-6,9-12,26H,7-8H2,1-2H3. The van der Waals surface area contributed by atoms with E-state index in [1.54, 1.807) is 24.3 Å². The number of anilines is 1. The van der Waals surface area contributed by atoms with Crippen LogP contribution in [0.2, 0.25) is 5.02 Å². The summed E-state index contributed by atoms with van der Waals surface area (Å²) >= 11 is 6.18. The number of rotatable bonds is 2. The van der Waals surface area contributed by atoms with Crippen LogP contribution in [0.3, 0.4) is 0 Å². The average Bonchev–Trinajstić information content (AvgIpc) is 2.82. The maximum Gasteiger partial charge on any atom is 0.338 e. The third-order valence-electron chi connectivity index (χ3n) is 5.02. The Balaban J connectivity index is 1.96. The van der Waals surface area contributed by atoms with Crippen LogP contribution in [-0.4, -0.2) is 41.8 Å². The summed E-state index contributed by atoms with van der Waals surface area (Å²) in [7, 11) is -1.87. The first-order valence-electron chi connectivity index (χ1n) is 9.92. The van der Waals surface area contributed by atoms with Gasteiger partial charge in [0.2, 0.25) is 0 Å². The second-order valence-electron chi connectivity index (χ2n) is 7.11. The van der Waals surface area contributed by atoms with E-state index in [0.717, 1.165) is 12.1 Å². The molecule has 0 aromatic heterocycles. The van der Waals surface area contributed by atoms with E-state index in [-0.39, 0.29) is 41.0 Å². The highest BCUT2D eigenvalue weighted by molar-refractivity contribution is 7.92. The minimum atomic E-state index is -4.46. The molecule has 0 fully saturated rings. The number of cyclic esters (lactones) is 1. The van der Waals surface area contributed by atoms with E-state index in [4.69, 9.17) is 30.5 Å². The Kier molecular flexibility index (Phi) is 6.54. The molecule has 4 bridgehead atoms. The summed E-state index contributed by atoms with van der Waals surface area (Å²) in [5.41, 5.74) is 0.411. The second-order valence-corrected chi connectivity index (χ2v) is 9.17. The molecule has 3 aromatic rings. The van der Waals surface area contributed by atoms with Crippen molar-refractivity contribution in [3.05, 3.63) is 64.9 Å². The van der Waals surface area contributed by atoms with Gasteiger partial charge in [-0.05, 0) is 24.3 Å². The predicted molar refractivity (Wildman–Crippen MR) is 123 cm³/mol. The van der Waals surface area contributed by atoms with Crippen molar-refractivity contribution >= 4 is 33.3 Å². The Morgan fingerprint density at radius 1 is 1.00 bits per heavy atom. The minimum absolute atomic E-state index is 0.00636. The summed E-state index contributed by atoms with van der Waals surface area (Å²) in [6, 6.07) is 11.5. The normalized spacial score (nSPS) is 14.9. The molecule has 0 unspecified atom stereocenters. The highest BCUT2D eigenvalue weighted by Crippen LogP contribution is 2.41. The Bertz CT molecular complexity index is 1380. The Morgan fingerprint density at radius 3 is 2.47 bits per heavy atom. The molecule has 11 heteroatoms. The van der Waals surface area contributed by atoms with E-state index in [0.29, 0.717) is 16.9 Å². The van der Waals surface area contributed by atoms with Crippen LogP contribution < -0.4 is 18.9 Å². The van der Waals surface area contributed by atoms with Gasteiger partial charge in [0.05, 0.1) is 30.5 Å².